The highest BCUT2D eigenvalue weighted by Gasteiger charge is 2.28. The van der Waals surface area contributed by atoms with Gasteiger partial charge in [-0.05, 0) is 91.3 Å². The molecule has 17 nitrogen and oxygen atoms in total. The van der Waals surface area contributed by atoms with E-state index in [2.05, 4.69) is 30.9 Å². The van der Waals surface area contributed by atoms with E-state index in [1.165, 1.54) is 11.9 Å². The largest absolute Gasteiger partial charge is 0.511 e. The van der Waals surface area contributed by atoms with Gasteiger partial charge in [-0.3, -0.25) is 4.57 Å². The summed E-state index contributed by atoms with van der Waals surface area (Å²) in [7, 11) is 1.69. The van der Waals surface area contributed by atoms with E-state index in [0.29, 0.717) is 53.8 Å². The van der Waals surface area contributed by atoms with Crippen molar-refractivity contribution in [3.8, 4) is 28.5 Å². The molecule has 0 aliphatic carbocycles. The van der Waals surface area contributed by atoms with Crippen molar-refractivity contribution in [2.75, 3.05) is 26.9 Å². The summed E-state index contributed by atoms with van der Waals surface area (Å²) in [6.45, 7) is 10.00. The van der Waals surface area contributed by atoms with Gasteiger partial charge in [0.1, 0.15) is 6.61 Å². The molecule has 60 heavy (non-hydrogen) atoms. The van der Waals surface area contributed by atoms with Crippen LogP contribution in [-0.4, -0.2) is 96.2 Å². The van der Waals surface area contributed by atoms with Crippen molar-refractivity contribution < 1.29 is 43.6 Å². The predicted octanol–water partition coefficient (Wildman–Crippen LogP) is 7.98. The van der Waals surface area contributed by atoms with Crippen LogP contribution in [0.4, 0.5) is 4.79 Å². The molecule has 2 unspecified atom stereocenters. The molecule has 6 aromatic rings. The van der Waals surface area contributed by atoms with Crippen LogP contribution in [0.5, 0.6) is 6.01 Å². The van der Waals surface area contributed by atoms with Crippen LogP contribution < -0.4 is 4.74 Å². The van der Waals surface area contributed by atoms with Crippen LogP contribution in [0.3, 0.4) is 0 Å². The van der Waals surface area contributed by atoms with E-state index in [9.17, 15) is 14.8 Å². The zero-order valence-electron chi connectivity index (χ0n) is 34.5. The second-order valence-electron chi connectivity index (χ2n) is 14.8. The maximum atomic E-state index is 13.7. The number of para-hydroxylation sites is 1. The minimum Gasteiger partial charge on any atom is -0.465 e. The number of benzene rings is 4. The van der Waals surface area contributed by atoms with E-state index in [0.717, 1.165) is 27.8 Å². The Morgan fingerprint density at radius 1 is 0.917 bits per heavy atom. The number of aromatic nitrogens is 6. The van der Waals surface area contributed by atoms with Crippen LogP contribution in [0.25, 0.3) is 33.5 Å². The Morgan fingerprint density at radius 3 is 2.33 bits per heavy atom. The number of nitrogens with one attached hydrogen (secondary N) is 1. The van der Waals surface area contributed by atoms with E-state index in [-0.39, 0.29) is 30.2 Å². The molecule has 2 aromatic heterocycles. The van der Waals surface area contributed by atoms with Crippen LogP contribution in [0.2, 0.25) is 0 Å². The molecule has 2 heterocycles. The van der Waals surface area contributed by atoms with Gasteiger partial charge in [0.05, 0.1) is 48.9 Å². The summed E-state index contributed by atoms with van der Waals surface area (Å²) in [5, 5.41) is 29.8. The molecule has 0 spiro atoms. The normalized spacial score (nSPS) is 12.7. The number of tetrazole rings is 1. The van der Waals surface area contributed by atoms with Gasteiger partial charge in [0.25, 0.3) is 16.3 Å². The predicted molar refractivity (Wildman–Crippen MR) is 219 cm³/mol. The van der Waals surface area contributed by atoms with Crippen molar-refractivity contribution in [2.45, 2.75) is 71.8 Å². The Hall–Kier alpha value is -7.04. The molecule has 0 saturated heterocycles. The number of carbonyl (C=O) groups is 2. The number of fused-ring (bicyclic) bond motifs is 1. The molecule has 314 valence electrons. The number of nitrogens with zero attached hydrogens (tertiary/aromatic N) is 8. The third kappa shape index (κ3) is 10.7. The highest BCUT2D eigenvalue weighted by Crippen LogP contribution is 2.32. The second kappa shape index (κ2) is 19.6. The fourth-order valence-corrected chi connectivity index (χ4v) is 6.41. The molecule has 17 heteroatoms. The van der Waals surface area contributed by atoms with Gasteiger partial charge in [0.15, 0.2) is 5.82 Å². The highest BCUT2D eigenvalue weighted by atomic mass is 16.8. The lowest BCUT2D eigenvalue weighted by molar-refractivity contribution is -0.946. The summed E-state index contributed by atoms with van der Waals surface area (Å²) in [4.78, 5) is 37.1. The molecule has 0 amide bonds. The van der Waals surface area contributed by atoms with Crippen molar-refractivity contribution in [1.29, 1.82) is 0 Å². The number of carbonyl (C=O) groups excluding carboxylic acids is 2. The molecular formula is C43H50N9O8+. The zero-order chi connectivity index (χ0) is 42.6. The topological polar surface area (TPSA) is 191 Å². The van der Waals surface area contributed by atoms with E-state index in [4.69, 9.17) is 23.8 Å². The first-order valence-electron chi connectivity index (χ1n) is 19.6. The van der Waals surface area contributed by atoms with Crippen LogP contribution in [0.1, 0.15) is 74.9 Å². The van der Waals surface area contributed by atoms with Crippen molar-refractivity contribution in [2.24, 2.45) is 5.28 Å². The second-order valence-corrected chi connectivity index (χ2v) is 14.8. The fraction of sp³-hybridized carbons (Fsp3) is 0.349. The molecule has 0 saturated carbocycles. The van der Waals surface area contributed by atoms with E-state index in [1.807, 2.05) is 111 Å². The number of aromatic amines is 1. The van der Waals surface area contributed by atoms with E-state index < -0.39 is 18.4 Å². The lowest BCUT2D eigenvalue weighted by atomic mass is 9.93. The van der Waals surface area contributed by atoms with Gasteiger partial charge in [0.2, 0.25) is 6.29 Å². The number of imidazole rings is 1. The average Bonchev–Trinajstić information content (AvgIpc) is 3.90. The molecule has 0 radical (unpaired) electrons. The maximum Gasteiger partial charge on any atom is 0.511 e. The zero-order valence-corrected chi connectivity index (χ0v) is 34.5. The monoisotopic (exact) mass is 820 g/mol. The molecule has 2 atom stereocenters. The summed E-state index contributed by atoms with van der Waals surface area (Å²) >= 11 is 0. The molecular weight excluding hydrogens is 771 g/mol. The van der Waals surface area contributed by atoms with Gasteiger partial charge in [0, 0.05) is 12.5 Å². The summed E-state index contributed by atoms with van der Waals surface area (Å²) in [5.41, 5.74) is 5.63. The quantitative estimate of drug-likeness (QED) is 0.0212. The molecule has 4 aromatic carbocycles. The van der Waals surface area contributed by atoms with Gasteiger partial charge >= 0.3 is 12.1 Å². The maximum absolute atomic E-state index is 13.7. The SMILES string of the molecule is CCOc1nc2cccc(C(=O)OC(C)OC(=O)OCCC(CCO/N=[N+](\O)N(C)C(C)(C)C)c3ccccc3)c2n1Cc1ccc(-c2ccccc2-c2nnn[nH]2)cc1. The first kappa shape index (κ1) is 42.6. The number of esters is 1. The first-order valence-corrected chi connectivity index (χ1v) is 19.6. The Balaban J connectivity index is 1.08. The van der Waals surface area contributed by atoms with Crippen LogP contribution >= 0.6 is 0 Å². The average molecular weight is 821 g/mol. The van der Waals surface area contributed by atoms with Crippen LogP contribution in [0.15, 0.2) is 102 Å². The number of H-pyrrole nitrogens is 1. The number of hydrazine groups is 1. The van der Waals surface area contributed by atoms with Gasteiger partial charge in [-0.25, -0.2) is 19.9 Å². The summed E-state index contributed by atoms with van der Waals surface area (Å²) in [5.74, 6) is -0.207. The Labute approximate surface area is 347 Å². The Morgan fingerprint density at radius 2 is 1.63 bits per heavy atom. The number of ether oxygens (including phenoxy) is 4. The number of rotatable bonds is 18. The molecule has 0 aliphatic rings. The lowest BCUT2D eigenvalue weighted by Crippen LogP contribution is -2.43. The van der Waals surface area contributed by atoms with Crippen LogP contribution in [0, 0.1) is 0 Å². The molecule has 0 aliphatic heterocycles. The van der Waals surface area contributed by atoms with Crippen molar-refractivity contribution in [1.82, 2.24) is 35.2 Å². The summed E-state index contributed by atoms with van der Waals surface area (Å²) in [6.07, 6.45) is -1.27. The minimum atomic E-state index is -1.27. The first-order chi connectivity index (χ1) is 28.9. The smallest absolute Gasteiger partial charge is 0.465 e. The van der Waals surface area contributed by atoms with Gasteiger partial charge in [-0.1, -0.05) is 84.9 Å². The van der Waals surface area contributed by atoms with E-state index >= 15 is 0 Å². The fourth-order valence-electron chi connectivity index (χ4n) is 6.41. The van der Waals surface area contributed by atoms with E-state index in [1.54, 1.807) is 25.2 Å². The van der Waals surface area contributed by atoms with Crippen LogP contribution in [-0.2, 0) is 25.6 Å². The molecule has 2 N–H and O–H groups in total. The lowest BCUT2D eigenvalue weighted by Gasteiger charge is -2.22. The van der Waals surface area contributed by atoms with Crippen molar-refractivity contribution in [3.63, 3.8) is 0 Å². The van der Waals surface area contributed by atoms with Crippen molar-refractivity contribution in [3.05, 3.63) is 114 Å². The van der Waals surface area contributed by atoms with Gasteiger partial charge in [-0.15, -0.1) is 10.1 Å². The summed E-state index contributed by atoms with van der Waals surface area (Å²) < 4.78 is 24.1. The third-order valence-electron chi connectivity index (χ3n) is 9.78. The molecule has 6 rings (SSSR count). The molecule has 0 fully saturated rings. The highest BCUT2D eigenvalue weighted by molar-refractivity contribution is 6.02. The number of hydrogen-bond acceptors (Lipinski definition) is 12. The van der Waals surface area contributed by atoms with Gasteiger partial charge in [-0.2, -0.15) is 4.98 Å². The number of hydrogen-bond donors (Lipinski definition) is 2. The Bertz CT molecular complexity index is 2360. The standard InChI is InChI=1S/C43H50N9O8/c1-7-56-41-44-37-19-13-18-36(38(37)51(41)28-30-20-22-33(23-21-30)34-16-11-12-17-35(34)39-45-47-48-46-39)40(53)59-29(2)60-42(54)57-26-24-32(31-14-9-8-10-15-31)25-27-58-49-52(55)50(6)43(3,4)5/h8-23,29,32H,7,24-28H2,1-6H3,(H,49,55)(H,45,46,47,48)/q+1. The van der Waals surface area contributed by atoms with Gasteiger partial charge < -0.3 is 23.8 Å². The van der Waals surface area contributed by atoms with Crippen molar-refractivity contribution >= 4 is 23.2 Å². The Kier molecular flexibility index (Phi) is 13.9. The minimum absolute atomic E-state index is 0.0280. The molecule has 0 bridgehead atoms. The summed E-state index contributed by atoms with van der Waals surface area (Å²) in [6, 6.07) is 31.1. The third-order valence-corrected chi connectivity index (χ3v) is 9.78.